The van der Waals surface area contributed by atoms with Crippen LogP contribution in [0.4, 0.5) is 4.79 Å². The Bertz CT molecular complexity index is 508. The van der Waals surface area contributed by atoms with Crippen molar-refractivity contribution in [2.75, 3.05) is 13.1 Å². The van der Waals surface area contributed by atoms with Gasteiger partial charge in [0, 0.05) is 19.1 Å². The molecule has 0 aliphatic carbocycles. The molecule has 0 saturated carbocycles. The van der Waals surface area contributed by atoms with Crippen molar-refractivity contribution in [1.29, 1.82) is 0 Å². The van der Waals surface area contributed by atoms with Gasteiger partial charge in [-0.1, -0.05) is 24.3 Å². The lowest BCUT2D eigenvalue weighted by Gasteiger charge is -2.24. The molecule has 0 radical (unpaired) electrons. The van der Waals surface area contributed by atoms with Crippen LogP contribution in [0.5, 0.6) is 0 Å². The van der Waals surface area contributed by atoms with Crippen molar-refractivity contribution >= 4 is 6.09 Å². The first-order valence-corrected chi connectivity index (χ1v) is 7.54. The molecule has 1 aliphatic heterocycles. The van der Waals surface area contributed by atoms with Crippen molar-refractivity contribution in [3.05, 3.63) is 35.4 Å². The fraction of sp³-hybridized carbons (Fsp3) is 0.588. The summed E-state index contributed by atoms with van der Waals surface area (Å²) in [7, 11) is 0. The number of benzene rings is 1. The van der Waals surface area contributed by atoms with Crippen LogP contribution in [0, 0.1) is 12.8 Å². The van der Waals surface area contributed by atoms with Crippen molar-refractivity contribution in [2.24, 2.45) is 11.7 Å². The van der Waals surface area contributed by atoms with Crippen LogP contribution in [0.15, 0.2) is 24.3 Å². The zero-order valence-electron chi connectivity index (χ0n) is 13.4. The van der Waals surface area contributed by atoms with Gasteiger partial charge in [0.2, 0.25) is 0 Å². The molecule has 0 spiro atoms. The molecule has 1 amide bonds. The Hall–Kier alpha value is -1.55. The molecule has 1 aromatic rings. The maximum Gasteiger partial charge on any atom is 0.410 e. The highest BCUT2D eigenvalue weighted by Crippen LogP contribution is 2.23. The van der Waals surface area contributed by atoms with Crippen LogP contribution in [0.1, 0.15) is 31.9 Å². The van der Waals surface area contributed by atoms with Crippen molar-refractivity contribution < 1.29 is 9.53 Å². The third kappa shape index (κ3) is 4.21. The Morgan fingerprint density at radius 3 is 2.62 bits per heavy atom. The molecule has 4 nitrogen and oxygen atoms in total. The number of hydrogen-bond donors (Lipinski definition) is 1. The summed E-state index contributed by atoms with van der Waals surface area (Å²) in [4.78, 5) is 13.9. The Balaban J connectivity index is 1.98. The lowest BCUT2D eigenvalue weighted by Crippen LogP contribution is -2.36. The number of nitrogens with zero attached hydrogens (tertiary/aromatic N) is 1. The fourth-order valence-corrected chi connectivity index (χ4v) is 2.71. The molecule has 21 heavy (non-hydrogen) atoms. The van der Waals surface area contributed by atoms with Gasteiger partial charge in [0.1, 0.15) is 5.60 Å². The summed E-state index contributed by atoms with van der Waals surface area (Å²) in [5.41, 5.74) is 8.34. The number of aryl methyl sites for hydroxylation is 1. The lowest BCUT2D eigenvalue weighted by molar-refractivity contribution is 0.0287. The number of carbonyl (C=O) groups is 1. The average Bonchev–Trinajstić information content (AvgIpc) is 2.72. The van der Waals surface area contributed by atoms with Gasteiger partial charge in [0.15, 0.2) is 0 Å². The van der Waals surface area contributed by atoms with Gasteiger partial charge in [-0.25, -0.2) is 4.79 Å². The molecule has 2 atom stereocenters. The number of ether oxygens (including phenoxy) is 1. The van der Waals surface area contributed by atoms with Gasteiger partial charge in [0.25, 0.3) is 0 Å². The molecular weight excluding hydrogens is 264 g/mol. The number of carbonyl (C=O) groups excluding carboxylic acids is 1. The molecule has 116 valence electrons. The maximum absolute atomic E-state index is 12.1. The monoisotopic (exact) mass is 290 g/mol. The maximum atomic E-state index is 12.1. The van der Waals surface area contributed by atoms with E-state index in [-0.39, 0.29) is 12.1 Å². The molecule has 2 rings (SSSR count). The van der Waals surface area contributed by atoms with Gasteiger partial charge in [-0.15, -0.1) is 0 Å². The van der Waals surface area contributed by atoms with Crippen molar-refractivity contribution in [2.45, 2.75) is 45.8 Å². The number of rotatable bonds is 2. The quantitative estimate of drug-likeness (QED) is 0.911. The molecule has 2 N–H and O–H groups in total. The Morgan fingerprint density at radius 1 is 1.33 bits per heavy atom. The second-order valence-corrected chi connectivity index (χ2v) is 6.94. The standard InChI is InChI=1S/C17H26N2O2/c1-12-7-5-6-8-13(12)9-14-10-19(11-15(14)18)16(20)21-17(2,3)4/h5-8,14-15H,9-11,18H2,1-4H3. The number of hydrogen-bond acceptors (Lipinski definition) is 3. The van der Waals surface area contributed by atoms with Gasteiger partial charge < -0.3 is 15.4 Å². The van der Waals surface area contributed by atoms with E-state index in [4.69, 9.17) is 10.5 Å². The van der Waals surface area contributed by atoms with Crippen molar-refractivity contribution in [3.63, 3.8) is 0 Å². The van der Waals surface area contributed by atoms with Crippen LogP contribution < -0.4 is 5.73 Å². The summed E-state index contributed by atoms with van der Waals surface area (Å²) >= 11 is 0. The highest BCUT2D eigenvalue weighted by atomic mass is 16.6. The summed E-state index contributed by atoms with van der Waals surface area (Å²) in [6, 6.07) is 8.35. The van der Waals surface area contributed by atoms with E-state index in [2.05, 4.69) is 25.1 Å². The molecule has 0 bridgehead atoms. The van der Waals surface area contributed by atoms with E-state index in [0.717, 1.165) is 6.42 Å². The second kappa shape index (κ2) is 6.06. The van der Waals surface area contributed by atoms with Gasteiger partial charge in [-0.3, -0.25) is 0 Å². The lowest BCUT2D eigenvalue weighted by atomic mass is 9.93. The molecule has 2 unspecified atom stereocenters. The number of nitrogens with two attached hydrogens (primary N) is 1. The fourth-order valence-electron chi connectivity index (χ4n) is 2.71. The van der Waals surface area contributed by atoms with E-state index in [1.165, 1.54) is 11.1 Å². The van der Waals surface area contributed by atoms with Crippen LogP contribution in [0.3, 0.4) is 0 Å². The highest BCUT2D eigenvalue weighted by Gasteiger charge is 2.35. The largest absolute Gasteiger partial charge is 0.444 e. The van der Waals surface area contributed by atoms with E-state index in [1.807, 2.05) is 26.8 Å². The third-order valence-electron chi connectivity index (χ3n) is 3.89. The van der Waals surface area contributed by atoms with E-state index in [0.29, 0.717) is 19.0 Å². The molecular formula is C17H26N2O2. The van der Waals surface area contributed by atoms with Gasteiger partial charge in [-0.05, 0) is 51.2 Å². The van der Waals surface area contributed by atoms with Crippen molar-refractivity contribution in [1.82, 2.24) is 4.90 Å². The van der Waals surface area contributed by atoms with E-state index >= 15 is 0 Å². The first-order valence-electron chi connectivity index (χ1n) is 7.54. The predicted octanol–water partition coefficient (Wildman–Crippen LogP) is 2.73. The van der Waals surface area contributed by atoms with Crippen molar-refractivity contribution in [3.8, 4) is 0 Å². The summed E-state index contributed by atoms with van der Waals surface area (Å²) < 4.78 is 5.42. The molecule has 4 heteroatoms. The Morgan fingerprint density at radius 2 is 2.00 bits per heavy atom. The minimum Gasteiger partial charge on any atom is -0.444 e. The number of likely N-dealkylation sites (tertiary alicyclic amines) is 1. The smallest absolute Gasteiger partial charge is 0.410 e. The summed E-state index contributed by atoms with van der Waals surface area (Å²) in [6.45, 7) is 9.00. The Kier molecular flexibility index (Phi) is 4.57. The molecule has 0 aromatic heterocycles. The SMILES string of the molecule is Cc1ccccc1CC1CN(C(=O)OC(C)(C)C)CC1N. The van der Waals surface area contributed by atoms with Gasteiger partial charge >= 0.3 is 6.09 Å². The average molecular weight is 290 g/mol. The molecule has 1 heterocycles. The summed E-state index contributed by atoms with van der Waals surface area (Å²) in [5.74, 6) is 0.290. The second-order valence-electron chi connectivity index (χ2n) is 6.94. The minimum absolute atomic E-state index is 0.0112. The highest BCUT2D eigenvalue weighted by molar-refractivity contribution is 5.68. The first kappa shape index (κ1) is 15.8. The predicted molar refractivity (Wildman–Crippen MR) is 84.2 cm³/mol. The first-order chi connectivity index (χ1) is 9.76. The minimum atomic E-state index is -0.463. The summed E-state index contributed by atoms with van der Waals surface area (Å²) in [5, 5.41) is 0. The molecule has 1 saturated heterocycles. The van der Waals surface area contributed by atoms with Crippen LogP contribution in [-0.2, 0) is 11.2 Å². The van der Waals surface area contributed by atoms with Gasteiger partial charge in [0.05, 0.1) is 0 Å². The normalized spacial score (nSPS) is 22.4. The van der Waals surface area contributed by atoms with E-state index in [9.17, 15) is 4.79 Å². The van der Waals surface area contributed by atoms with Gasteiger partial charge in [-0.2, -0.15) is 0 Å². The molecule has 1 aliphatic rings. The summed E-state index contributed by atoms with van der Waals surface area (Å²) in [6.07, 6.45) is 0.651. The Labute approximate surface area is 127 Å². The molecule has 1 fully saturated rings. The van der Waals surface area contributed by atoms with Crippen LogP contribution in [0.2, 0.25) is 0 Å². The van der Waals surface area contributed by atoms with E-state index in [1.54, 1.807) is 4.90 Å². The zero-order valence-corrected chi connectivity index (χ0v) is 13.4. The zero-order chi connectivity index (χ0) is 15.6. The topological polar surface area (TPSA) is 55.6 Å². The third-order valence-corrected chi connectivity index (χ3v) is 3.89. The van der Waals surface area contributed by atoms with Crippen LogP contribution in [0.25, 0.3) is 0 Å². The molecule has 1 aromatic carbocycles. The van der Waals surface area contributed by atoms with Crippen LogP contribution >= 0.6 is 0 Å². The number of amides is 1. The van der Waals surface area contributed by atoms with E-state index < -0.39 is 5.60 Å². The van der Waals surface area contributed by atoms with Crippen LogP contribution in [-0.4, -0.2) is 35.7 Å².